The Morgan fingerprint density at radius 2 is 2.00 bits per heavy atom. The van der Waals surface area contributed by atoms with Gasteiger partial charge in [0, 0.05) is 22.6 Å². The van der Waals surface area contributed by atoms with Crippen molar-refractivity contribution in [1.82, 2.24) is 9.97 Å². The molecule has 0 saturated heterocycles. The zero-order valence-electron chi connectivity index (χ0n) is 15.7. The van der Waals surface area contributed by atoms with Crippen molar-refractivity contribution in [1.29, 1.82) is 0 Å². The van der Waals surface area contributed by atoms with Crippen LogP contribution in [0.3, 0.4) is 0 Å². The molecule has 8 heteroatoms. The molecule has 0 aliphatic carbocycles. The summed E-state index contributed by atoms with van der Waals surface area (Å²) in [5.74, 6) is 0.785. The first-order valence-electron chi connectivity index (χ1n) is 8.71. The van der Waals surface area contributed by atoms with Crippen molar-refractivity contribution in [3.05, 3.63) is 57.6 Å². The molecule has 1 atom stereocenters. The summed E-state index contributed by atoms with van der Waals surface area (Å²) >= 11 is 4.74. The average molecular weight is 462 g/mol. The highest BCUT2D eigenvalue weighted by molar-refractivity contribution is 9.10. The molecule has 3 rings (SSSR count). The number of nitrogens with one attached hydrogen (secondary N) is 1. The van der Waals surface area contributed by atoms with Crippen molar-refractivity contribution in [2.24, 2.45) is 0 Å². The predicted octanol–water partition coefficient (Wildman–Crippen LogP) is 5.33. The summed E-state index contributed by atoms with van der Waals surface area (Å²) in [6.07, 6.45) is 1.50. The van der Waals surface area contributed by atoms with Crippen LogP contribution >= 0.6 is 27.3 Å². The number of benzene rings is 1. The molecule has 0 spiro atoms. The number of aromatic nitrogens is 2. The van der Waals surface area contributed by atoms with Crippen LogP contribution in [0.15, 0.2) is 47.2 Å². The monoisotopic (exact) mass is 461 g/mol. The van der Waals surface area contributed by atoms with E-state index in [-0.39, 0.29) is 6.04 Å². The average Bonchev–Trinajstić information content (AvgIpc) is 3.12. The molecule has 3 aromatic rings. The van der Waals surface area contributed by atoms with Crippen molar-refractivity contribution in [3.8, 4) is 16.3 Å². The first-order valence-corrected chi connectivity index (χ1v) is 10.3. The summed E-state index contributed by atoms with van der Waals surface area (Å²) in [4.78, 5) is 21.9. The molecule has 0 fully saturated rings. The number of carbonyl (C=O) groups excluding carboxylic acids is 1. The van der Waals surface area contributed by atoms with Gasteiger partial charge in [-0.3, -0.25) is 0 Å². The van der Waals surface area contributed by atoms with Gasteiger partial charge in [-0.1, -0.05) is 28.1 Å². The number of ether oxygens (including phenoxy) is 2. The van der Waals surface area contributed by atoms with Gasteiger partial charge in [0.2, 0.25) is 0 Å². The third-order valence-corrected chi connectivity index (χ3v) is 5.67. The number of carbonyl (C=O) groups is 1. The third kappa shape index (κ3) is 4.69. The fraction of sp³-hybridized carbons (Fsp3) is 0.250. The van der Waals surface area contributed by atoms with Gasteiger partial charge in [-0.15, -0.1) is 11.3 Å². The van der Waals surface area contributed by atoms with E-state index in [2.05, 4.69) is 50.3 Å². The summed E-state index contributed by atoms with van der Waals surface area (Å²) in [7, 11) is 1.35. The van der Waals surface area contributed by atoms with Gasteiger partial charge in [-0.05, 0) is 31.5 Å². The number of hydrogen-bond acceptors (Lipinski definition) is 7. The van der Waals surface area contributed by atoms with Gasteiger partial charge in [-0.2, -0.15) is 0 Å². The highest BCUT2D eigenvalue weighted by Gasteiger charge is 2.20. The van der Waals surface area contributed by atoms with Crippen LogP contribution in [0.2, 0.25) is 0 Å². The Kier molecular flexibility index (Phi) is 6.64. The molecule has 0 amide bonds. The van der Waals surface area contributed by atoms with Gasteiger partial charge < -0.3 is 14.8 Å². The number of hydrogen-bond donors (Lipinski definition) is 1. The number of methoxy groups -OCH3 is 1. The van der Waals surface area contributed by atoms with Crippen LogP contribution in [0.25, 0.3) is 10.6 Å². The summed E-state index contributed by atoms with van der Waals surface area (Å²) < 4.78 is 11.5. The van der Waals surface area contributed by atoms with Gasteiger partial charge >= 0.3 is 5.97 Å². The quantitative estimate of drug-likeness (QED) is 0.479. The number of anilines is 1. The van der Waals surface area contributed by atoms with Crippen molar-refractivity contribution < 1.29 is 14.3 Å². The number of rotatable bonds is 7. The number of nitrogens with zero attached hydrogens (tertiary/aromatic N) is 2. The molecular formula is C20H20BrN3O3S. The Labute approximate surface area is 176 Å². The van der Waals surface area contributed by atoms with Crippen molar-refractivity contribution in [2.75, 3.05) is 19.0 Å². The van der Waals surface area contributed by atoms with Gasteiger partial charge in [0.05, 0.1) is 24.3 Å². The lowest BCUT2D eigenvalue weighted by Crippen LogP contribution is -2.08. The Balaban J connectivity index is 1.85. The van der Waals surface area contributed by atoms with Gasteiger partial charge in [0.15, 0.2) is 4.88 Å². The largest absolute Gasteiger partial charge is 0.492 e. The zero-order valence-corrected chi connectivity index (χ0v) is 18.1. The SMILES string of the molecule is CCOc1cc(-c2cc(NC(C)c3ccc(Br)cc3)ncn2)sc1C(=O)OC. The van der Waals surface area contributed by atoms with Gasteiger partial charge in [0.25, 0.3) is 0 Å². The summed E-state index contributed by atoms with van der Waals surface area (Å²) in [5.41, 5.74) is 1.85. The van der Waals surface area contributed by atoms with Gasteiger partial charge in [-0.25, -0.2) is 14.8 Å². The van der Waals surface area contributed by atoms with Crippen molar-refractivity contribution in [2.45, 2.75) is 19.9 Å². The Hall–Kier alpha value is -2.45. The lowest BCUT2D eigenvalue weighted by atomic mass is 10.1. The smallest absolute Gasteiger partial charge is 0.351 e. The molecule has 0 saturated carbocycles. The van der Waals surface area contributed by atoms with E-state index in [1.54, 1.807) is 0 Å². The topological polar surface area (TPSA) is 73.3 Å². The van der Waals surface area contributed by atoms with E-state index >= 15 is 0 Å². The summed E-state index contributed by atoms with van der Waals surface area (Å²) in [6, 6.07) is 11.9. The van der Waals surface area contributed by atoms with Crippen LogP contribution in [0, 0.1) is 0 Å². The molecule has 2 aromatic heterocycles. The molecule has 28 heavy (non-hydrogen) atoms. The Morgan fingerprint density at radius 3 is 2.68 bits per heavy atom. The second-order valence-electron chi connectivity index (χ2n) is 5.93. The van der Waals surface area contributed by atoms with Crippen LogP contribution in [-0.2, 0) is 4.74 Å². The van der Waals surface area contributed by atoms with Crippen molar-refractivity contribution in [3.63, 3.8) is 0 Å². The predicted molar refractivity (Wildman–Crippen MR) is 114 cm³/mol. The molecule has 0 bridgehead atoms. The normalized spacial score (nSPS) is 11.7. The van der Waals surface area contributed by atoms with E-state index in [1.165, 1.54) is 24.8 Å². The van der Waals surface area contributed by atoms with Crippen LogP contribution < -0.4 is 10.1 Å². The number of thiophene rings is 1. The summed E-state index contributed by atoms with van der Waals surface area (Å²) in [5, 5.41) is 3.38. The van der Waals surface area contributed by atoms with Crippen molar-refractivity contribution >= 4 is 39.1 Å². The third-order valence-electron chi connectivity index (χ3n) is 4.02. The minimum absolute atomic E-state index is 0.0730. The summed E-state index contributed by atoms with van der Waals surface area (Å²) in [6.45, 7) is 4.40. The molecule has 0 aliphatic heterocycles. The molecule has 0 aliphatic rings. The number of halogens is 1. The minimum atomic E-state index is -0.420. The van der Waals surface area contributed by atoms with E-state index in [0.717, 1.165) is 14.9 Å². The van der Waals surface area contributed by atoms with Crippen LogP contribution in [-0.4, -0.2) is 29.7 Å². The van der Waals surface area contributed by atoms with Crippen LogP contribution in [0.1, 0.15) is 35.1 Å². The van der Waals surface area contributed by atoms with Crippen LogP contribution in [0.4, 0.5) is 5.82 Å². The second-order valence-corrected chi connectivity index (χ2v) is 7.90. The second kappa shape index (κ2) is 9.16. The van der Waals surface area contributed by atoms with E-state index in [1.807, 2.05) is 31.2 Å². The fourth-order valence-electron chi connectivity index (χ4n) is 2.63. The first kappa shape index (κ1) is 20.3. The maximum Gasteiger partial charge on any atom is 0.351 e. The molecule has 6 nitrogen and oxygen atoms in total. The molecule has 0 radical (unpaired) electrons. The molecule has 1 aromatic carbocycles. The molecule has 146 valence electrons. The van der Waals surface area contributed by atoms with E-state index in [4.69, 9.17) is 9.47 Å². The lowest BCUT2D eigenvalue weighted by molar-refractivity contribution is 0.0602. The molecular weight excluding hydrogens is 442 g/mol. The Morgan fingerprint density at radius 1 is 1.25 bits per heavy atom. The fourth-order valence-corrected chi connectivity index (χ4v) is 3.88. The minimum Gasteiger partial charge on any atom is -0.492 e. The first-order chi connectivity index (χ1) is 13.5. The highest BCUT2D eigenvalue weighted by Crippen LogP contribution is 2.36. The van der Waals surface area contributed by atoms with Crippen LogP contribution in [0.5, 0.6) is 5.75 Å². The van der Waals surface area contributed by atoms with E-state index in [9.17, 15) is 4.79 Å². The van der Waals surface area contributed by atoms with E-state index in [0.29, 0.717) is 28.7 Å². The number of esters is 1. The maximum atomic E-state index is 12.0. The highest BCUT2D eigenvalue weighted by atomic mass is 79.9. The van der Waals surface area contributed by atoms with E-state index < -0.39 is 5.97 Å². The van der Waals surface area contributed by atoms with Gasteiger partial charge in [0.1, 0.15) is 17.9 Å². The molecule has 2 heterocycles. The standard InChI is InChI=1S/C20H20BrN3O3S/c1-4-27-16-10-17(28-19(16)20(25)26-3)15-9-18(23-11-22-15)24-12(2)13-5-7-14(21)8-6-13/h5-12H,4H2,1-3H3,(H,22,23,24). The maximum absolute atomic E-state index is 12.0. The molecule has 1 unspecified atom stereocenters. The molecule has 1 N–H and O–H groups in total. The lowest BCUT2D eigenvalue weighted by Gasteiger charge is -2.15. The Bertz CT molecular complexity index is 960. The zero-order chi connectivity index (χ0) is 20.1.